The van der Waals surface area contributed by atoms with Crippen LogP contribution in [0.5, 0.6) is 0 Å². The molecule has 4 nitrogen and oxygen atoms in total. The van der Waals surface area contributed by atoms with Crippen LogP contribution in [0, 0.1) is 0 Å². The SMILES string of the molecule is CN(C)CCN/C(N)=C/C=C(\N)Br. The highest BCUT2D eigenvalue weighted by Gasteiger charge is 1.89. The van der Waals surface area contributed by atoms with Crippen molar-refractivity contribution in [2.45, 2.75) is 0 Å². The zero-order valence-corrected chi connectivity index (χ0v) is 9.63. The Labute approximate surface area is 87.8 Å². The molecule has 5 N–H and O–H groups in total. The summed E-state index contributed by atoms with van der Waals surface area (Å²) in [5.74, 6) is 0.615. The Kier molecular flexibility index (Phi) is 6.44. The molecule has 0 aliphatic heterocycles. The van der Waals surface area contributed by atoms with Crippen molar-refractivity contribution in [3.63, 3.8) is 0 Å². The van der Waals surface area contributed by atoms with Gasteiger partial charge in [0.25, 0.3) is 0 Å². The van der Waals surface area contributed by atoms with Crippen molar-refractivity contribution in [1.29, 1.82) is 0 Å². The average Bonchev–Trinajstić information content (AvgIpc) is 2.00. The summed E-state index contributed by atoms with van der Waals surface area (Å²) in [6.45, 7) is 1.77. The molecule has 0 unspecified atom stereocenters. The van der Waals surface area contributed by atoms with Crippen LogP contribution in [0.25, 0.3) is 0 Å². The van der Waals surface area contributed by atoms with Crippen molar-refractivity contribution in [3.05, 3.63) is 22.6 Å². The first-order valence-corrected chi connectivity index (χ1v) is 4.78. The second kappa shape index (κ2) is 6.80. The monoisotopic (exact) mass is 248 g/mol. The van der Waals surface area contributed by atoms with Crippen molar-refractivity contribution in [1.82, 2.24) is 10.2 Å². The van der Waals surface area contributed by atoms with Crippen molar-refractivity contribution in [3.8, 4) is 0 Å². The van der Waals surface area contributed by atoms with Crippen LogP contribution in [0.1, 0.15) is 0 Å². The molecule has 0 atom stereocenters. The van der Waals surface area contributed by atoms with Crippen molar-refractivity contribution in [2.24, 2.45) is 11.5 Å². The number of halogens is 1. The van der Waals surface area contributed by atoms with E-state index in [1.807, 2.05) is 14.1 Å². The van der Waals surface area contributed by atoms with Gasteiger partial charge in [-0.2, -0.15) is 0 Å². The third-order valence-electron chi connectivity index (χ3n) is 1.31. The molecule has 76 valence electrons. The standard InChI is InChI=1S/C8H17BrN4/c1-13(2)6-5-12-8(11)4-3-7(9)10/h3-4,12H,5-6,10-11H2,1-2H3/b7-3-,8-4+. The van der Waals surface area contributed by atoms with Gasteiger partial charge < -0.3 is 21.7 Å². The minimum atomic E-state index is 0.560. The zero-order valence-electron chi connectivity index (χ0n) is 8.05. The summed E-state index contributed by atoms with van der Waals surface area (Å²) in [6.07, 6.45) is 3.41. The van der Waals surface area contributed by atoms with E-state index >= 15 is 0 Å². The molecule has 0 amide bonds. The van der Waals surface area contributed by atoms with E-state index in [2.05, 4.69) is 26.1 Å². The van der Waals surface area contributed by atoms with Crippen LogP contribution in [0.3, 0.4) is 0 Å². The van der Waals surface area contributed by atoms with Gasteiger partial charge in [0.1, 0.15) is 0 Å². The Morgan fingerprint density at radius 3 is 2.46 bits per heavy atom. The largest absolute Gasteiger partial charge is 0.393 e. The van der Waals surface area contributed by atoms with Crippen molar-refractivity contribution in [2.75, 3.05) is 27.2 Å². The Morgan fingerprint density at radius 2 is 2.00 bits per heavy atom. The van der Waals surface area contributed by atoms with E-state index < -0.39 is 0 Å². The van der Waals surface area contributed by atoms with E-state index in [1.165, 1.54) is 0 Å². The summed E-state index contributed by atoms with van der Waals surface area (Å²) >= 11 is 3.10. The number of nitrogens with two attached hydrogens (primary N) is 2. The van der Waals surface area contributed by atoms with Gasteiger partial charge in [-0.25, -0.2) is 0 Å². The lowest BCUT2D eigenvalue weighted by molar-refractivity contribution is 0.407. The van der Waals surface area contributed by atoms with Crippen molar-refractivity contribution >= 4 is 15.9 Å². The van der Waals surface area contributed by atoms with Crippen LogP contribution < -0.4 is 16.8 Å². The maximum atomic E-state index is 5.62. The number of rotatable bonds is 5. The molecule has 0 aliphatic rings. The summed E-state index contributed by atoms with van der Waals surface area (Å²) in [6, 6.07) is 0. The number of likely N-dealkylation sites (N-methyl/N-ethyl adjacent to an activating group) is 1. The molecule has 0 radical (unpaired) electrons. The summed E-state index contributed by atoms with van der Waals surface area (Å²) in [7, 11) is 4.02. The zero-order chi connectivity index (χ0) is 10.3. The first-order valence-electron chi connectivity index (χ1n) is 3.99. The molecule has 0 heterocycles. The number of allylic oxidation sites excluding steroid dienone is 2. The van der Waals surface area contributed by atoms with E-state index in [9.17, 15) is 0 Å². The molecule has 0 aromatic rings. The number of hydrogen-bond acceptors (Lipinski definition) is 4. The van der Waals surface area contributed by atoms with Crippen LogP contribution in [0.15, 0.2) is 22.6 Å². The van der Waals surface area contributed by atoms with E-state index in [0.717, 1.165) is 13.1 Å². The minimum Gasteiger partial charge on any atom is -0.393 e. The molecule has 0 aromatic carbocycles. The quantitative estimate of drug-likeness (QED) is 0.478. The average molecular weight is 249 g/mol. The highest BCUT2D eigenvalue weighted by molar-refractivity contribution is 9.11. The van der Waals surface area contributed by atoms with E-state index in [0.29, 0.717) is 10.4 Å². The normalized spacial score (nSPS) is 13.5. The molecule has 0 saturated heterocycles. The fraction of sp³-hybridized carbons (Fsp3) is 0.500. The highest BCUT2D eigenvalue weighted by atomic mass is 79.9. The predicted molar refractivity (Wildman–Crippen MR) is 60.0 cm³/mol. The first kappa shape index (κ1) is 12.3. The summed E-state index contributed by atoms with van der Waals surface area (Å²) in [5.41, 5.74) is 11.0. The van der Waals surface area contributed by atoms with E-state index in [1.54, 1.807) is 12.2 Å². The summed E-state index contributed by atoms with van der Waals surface area (Å²) < 4.78 is 0.560. The maximum Gasteiger partial charge on any atom is 0.0961 e. The van der Waals surface area contributed by atoms with Gasteiger partial charge in [0.15, 0.2) is 0 Å². The highest BCUT2D eigenvalue weighted by Crippen LogP contribution is 1.94. The van der Waals surface area contributed by atoms with Gasteiger partial charge in [-0.15, -0.1) is 0 Å². The van der Waals surface area contributed by atoms with E-state index in [-0.39, 0.29) is 0 Å². The molecule has 0 rings (SSSR count). The second-order valence-corrected chi connectivity index (χ2v) is 3.82. The molecule has 0 fully saturated rings. The Morgan fingerprint density at radius 1 is 1.38 bits per heavy atom. The van der Waals surface area contributed by atoms with Crippen LogP contribution >= 0.6 is 15.9 Å². The Bertz CT molecular complexity index is 194. The second-order valence-electron chi connectivity index (χ2n) is 2.90. The maximum absolute atomic E-state index is 5.62. The van der Waals surface area contributed by atoms with Gasteiger partial charge in [-0.3, -0.25) is 0 Å². The molecule has 0 saturated carbocycles. The van der Waals surface area contributed by atoms with Gasteiger partial charge in [0.2, 0.25) is 0 Å². The lowest BCUT2D eigenvalue weighted by Crippen LogP contribution is -2.28. The minimum absolute atomic E-state index is 0.560. The Balaban J connectivity index is 3.68. The van der Waals surface area contributed by atoms with E-state index in [4.69, 9.17) is 11.5 Å². The topological polar surface area (TPSA) is 67.3 Å². The third-order valence-corrected chi connectivity index (χ3v) is 1.57. The molecule has 5 heteroatoms. The predicted octanol–water partition coefficient (Wildman–Crippen LogP) is 0.133. The van der Waals surface area contributed by atoms with Crippen LogP contribution in [-0.4, -0.2) is 32.1 Å². The van der Waals surface area contributed by atoms with Crippen LogP contribution in [0.2, 0.25) is 0 Å². The van der Waals surface area contributed by atoms with Crippen LogP contribution in [0.4, 0.5) is 0 Å². The molecule has 13 heavy (non-hydrogen) atoms. The number of nitrogens with zero attached hydrogens (tertiary/aromatic N) is 1. The Hall–Kier alpha value is -0.680. The lowest BCUT2D eigenvalue weighted by Gasteiger charge is -2.10. The molecule has 0 spiro atoms. The van der Waals surface area contributed by atoms with Gasteiger partial charge >= 0.3 is 0 Å². The molecule has 0 aromatic heterocycles. The first-order chi connectivity index (χ1) is 6.02. The molecular weight excluding hydrogens is 232 g/mol. The van der Waals surface area contributed by atoms with Gasteiger partial charge in [-0.05, 0) is 42.2 Å². The fourth-order valence-electron chi connectivity index (χ4n) is 0.652. The van der Waals surface area contributed by atoms with Gasteiger partial charge in [-0.1, -0.05) is 0 Å². The summed E-state index contributed by atoms with van der Waals surface area (Å²) in [4.78, 5) is 2.08. The molecule has 0 bridgehead atoms. The smallest absolute Gasteiger partial charge is 0.0961 e. The van der Waals surface area contributed by atoms with Crippen LogP contribution in [-0.2, 0) is 0 Å². The number of hydrogen-bond donors (Lipinski definition) is 3. The molecular formula is C8H17BrN4. The number of nitrogens with one attached hydrogen (secondary N) is 1. The fourth-order valence-corrected chi connectivity index (χ4v) is 0.784. The lowest BCUT2D eigenvalue weighted by atomic mass is 10.5. The summed E-state index contributed by atoms with van der Waals surface area (Å²) in [5, 5.41) is 3.05. The third kappa shape index (κ3) is 9.23. The van der Waals surface area contributed by atoms with Crippen molar-refractivity contribution < 1.29 is 0 Å². The van der Waals surface area contributed by atoms with Gasteiger partial charge in [0.05, 0.1) is 10.4 Å². The molecule has 0 aliphatic carbocycles. The van der Waals surface area contributed by atoms with Gasteiger partial charge in [0, 0.05) is 13.1 Å².